The van der Waals surface area contributed by atoms with Crippen molar-refractivity contribution in [3.8, 4) is 0 Å². The highest BCUT2D eigenvalue weighted by Crippen LogP contribution is 2.76. The SMILES string of the molecule is C[C@H]1[C@H](C)CC[C@]2(C(=O)O)CC[C@]3(C(=O)O)C(=CC[C@H]4[C@@]5(C)CC[C@H](O[C@@H]6O[C@H](C)[C@H](O)[C@H](O)[C@H]6O)C(C)(C)[C@H]5CC[C@]43C)[C@@H]12. The van der Waals surface area contributed by atoms with Gasteiger partial charge in [0.25, 0.3) is 0 Å². The summed E-state index contributed by atoms with van der Waals surface area (Å²) in [5.74, 6) is -1.08. The van der Waals surface area contributed by atoms with E-state index in [4.69, 9.17) is 9.47 Å². The molecule has 5 aliphatic carbocycles. The normalized spacial score (nSPS) is 54.0. The molecule has 0 spiro atoms. The van der Waals surface area contributed by atoms with Gasteiger partial charge in [-0.05, 0) is 111 Å². The van der Waals surface area contributed by atoms with Gasteiger partial charge in [0.15, 0.2) is 6.29 Å². The predicted octanol–water partition coefficient (Wildman–Crippen LogP) is 5.01. The molecule has 0 unspecified atom stereocenters. The Morgan fingerprint density at radius 1 is 0.822 bits per heavy atom. The number of carboxylic acid groups (broad SMARTS) is 2. The van der Waals surface area contributed by atoms with Crippen molar-refractivity contribution in [3.63, 3.8) is 0 Å². The minimum Gasteiger partial charge on any atom is -0.481 e. The zero-order valence-corrected chi connectivity index (χ0v) is 28.2. The molecule has 0 aromatic heterocycles. The standard InChI is InChI=1S/C36H56O9/c1-18-10-15-35(30(40)41)16-17-36(31(42)43)21(25(35)19(18)2)8-9-23-33(6)13-12-24(32(4,5)22(33)11-14-34(23,36)7)45-29-28(39)27(38)26(37)20(3)44-29/h8,18-20,22-29,37-39H,9-17H2,1-7H3,(H,40,41)(H,42,43)/t18-,19+,20-,22-,23+,24+,25-,26+,27+,28-,29+,33+,34-,35+,36-/m1/s1. The highest BCUT2D eigenvalue weighted by molar-refractivity contribution is 5.84. The second-order valence-corrected chi connectivity index (χ2v) is 17.2. The summed E-state index contributed by atoms with van der Waals surface area (Å²) in [6.07, 6.45) is 2.36. The van der Waals surface area contributed by atoms with Crippen molar-refractivity contribution in [2.24, 2.45) is 56.7 Å². The lowest BCUT2D eigenvalue weighted by atomic mass is 9.33. The van der Waals surface area contributed by atoms with E-state index in [0.29, 0.717) is 31.6 Å². The fourth-order valence-electron chi connectivity index (χ4n) is 12.5. The molecule has 5 fully saturated rings. The first kappa shape index (κ1) is 33.4. The lowest BCUT2D eigenvalue weighted by Crippen LogP contribution is -2.68. The number of aliphatic carboxylic acids is 2. The van der Waals surface area contributed by atoms with Crippen molar-refractivity contribution in [1.82, 2.24) is 0 Å². The largest absolute Gasteiger partial charge is 0.481 e. The monoisotopic (exact) mass is 632 g/mol. The summed E-state index contributed by atoms with van der Waals surface area (Å²) < 4.78 is 12.3. The number of hydrogen-bond donors (Lipinski definition) is 5. The van der Waals surface area contributed by atoms with E-state index in [0.717, 1.165) is 37.7 Å². The number of aliphatic hydroxyl groups is 3. The van der Waals surface area contributed by atoms with Crippen molar-refractivity contribution >= 4 is 11.9 Å². The van der Waals surface area contributed by atoms with Crippen LogP contribution in [0, 0.1) is 56.7 Å². The average Bonchev–Trinajstić information content (AvgIpc) is 2.97. The molecule has 6 rings (SSSR count). The lowest BCUT2D eigenvalue weighted by Gasteiger charge is -2.70. The maximum absolute atomic E-state index is 13.8. The molecule has 45 heavy (non-hydrogen) atoms. The van der Waals surface area contributed by atoms with Crippen LogP contribution in [0.2, 0.25) is 0 Å². The third-order valence-corrected chi connectivity index (χ3v) is 15.3. The third-order valence-electron chi connectivity index (χ3n) is 15.3. The second-order valence-electron chi connectivity index (χ2n) is 17.2. The molecule has 5 N–H and O–H groups in total. The van der Waals surface area contributed by atoms with Crippen LogP contribution in [-0.4, -0.2) is 74.3 Å². The minimum atomic E-state index is -1.36. The quantitative estimate of drug-likeness (QED) is 0.213. The maximum Gasteiger partial charge on any atom is 0.314 e. The number of allylic oxidation sites excluding steroid dienone is 1. The third kappa shape index (κ3) is 4.28. The van der Waals surface area contributed by atoms with Gasteiger partial charge in [-0.3, -0.25) is 9.59 Å². The smallest absolute Gasteiger partial charge is 0.314 e. The summed E-state index contributed by atoms with van der Waals surface area (Å²) >= 11 is 0. The molecule has 0 bridgehead atoms. The second kappa shape index (κ2) is 10.7. The van der Waals surface area contributed by atoms with Crippen LogP contribution < -0.4 is 0 Å². The number of fused-ring (bicyclic) bond motifs is 7. The number of rotatable bonds is 4. The fraction of sp³-hybridized carbons (Fsp3) is 0.889. The van der Waals surface area contributed by atoms with Gasteiger partial charge in [0.1, 0.15) is 18.3 Å². The zero-order valence-electron chi connectivity index (χ0n) is 28.2. The van der Waals surface area contributed by atoms with Crippen molar-refractivity contribution in [2.75, 3.05) is 0 Å². The number of ether oxygens (including phenoxy) is 2. The van der Waals surface area contributed by atoms with Gasteiger partial charge in [0.2, 0.25) is 0 Å². The fourth-order valence-corrected chi connectivity index (χ4v) is 12.5. The number of carboxylic acids is 2. The first-order chi connectivity index (χ1) is 20.9. The molecule has 1 heterocycles. The van der Waals surface area contributed by atoms with Gasteiger partial charge in [-0.25, -0.2) is 0 Å². The van der Waals surface area contributed by atoms with Gasteiger partial charge in [-0.1, -0.05) is 53.2 Å². The van der Waals surface area contributed by atoms with Crippen LogP contribution >= 0.6 is 0 Å². The van der Waals surface area contributed by atoms with Gasteiger partial charge < -0.3 is 35.0 Å². The van der Waals surface area contributed by atoms with E-state index in [9.17, 15) is 35.1 Å². The highest BCUT2D eigenvalue weighted by Gasteiger charge is 2.73. The molecule has 15 atom stereocenters. The molecule has 9 heteroatoms. The van der Waals surface area contributed by atoms with Gasteiger partial charge in [0.05, 0.1) is 23.0 Å². The summed E-state index contributed by atoms with van der Waals surface area (Å²) in [5.41, 5.74) is -2.13. The van der Waals surface area contributed by atoms with E-state index in [1.165, 1.54) is 0 Å². The molecule has 0 amide bonds. The highest BCUT2D eigenvalue weighted by atomic mass is 16.7. The molecule has 0 radical (unpaired) electrons. The molecule has 9 nitrogen and oxygen atoms in total. The van der Waals surface area contributed by atoms with Crippen molar-refractivity contribution in [2.45, 2.75) is 143 Å². The summed E-state index contributed by atoms with van der Waals surface area (Å²) in [6, 6.07) is 0. The Morgan fingerprint density at radius 3 is 2.16 bits per heavy atom. The van der Waals surface area contributed by atoms with E-state index >= 15 is 0 Å². The van der Waals surface area contributed by atoms with E-state index in [2.05, 4.69) is 47.6 Å². The van der Waals surface area contributed by atoms with Crippen LogP contribution in [0.1, 0.15) is 106 Å². The Bertz CT molecular complexity index is 1250. The Labute approximate surface area is 267 Å². The van der Waals surface area contributed by atoms with E-state index in [1.54, 1.807) is 6.92 Å². The minimum absolute atomic E-state index is 0.0958. The Balaban J connectivity index is 1.35. The lowest BCUT2D eigenvalue weighted by molar-refractivity contribution is -0.324. The molecule has 0 aromatic carbocycles. The van der Waals surface area contributed by atoms with Crippen molar-refractivity contribution in [1.29, 1.82) is 0 Å². The van der Waals surface area contributed by atoms with Crippen molar-refractivity contribution < 1.29 is 44.6 Å². The molecule has 254 valence electrons. The molecule has 4 saturated carbocycles. The summed E-state index contributed by atoms with van der Waals surface area (Å²) in [4.78, 5) is 26.8. The van der Waals surface area contributed by atoms with Crippen LogP contribution in [0.4, 0.5) is 0 Å². The molecule has 1 aliphatic heterocycles. The van der Waals surface area contributed by atoms with E-state index < -0.39 is 58.9 Å². The zero-order chi connectivity index (χ0) is 33.1. The van der Waals surface area contributed by atoms with Crippen LogP contribution in [0.15, 0.2) is 11.6 Å². The Hall–Kier alpha value is -1.52. The topological polar surface area (TPSA) is 154 Å². The van der Waals surface area contributed by atoms with Gasteiger partial charge in [0, 0.05) is 0 Å². The summed E-state index contributed by atoms with van der Waals surface area (Å²) in [6.45, 7) is 15.0. The van der Waals surface area contributed by atoms with Gasteiger partial charge in [-0.2, -0.15) is 0 Å². The van der Waals surface area contributed by atoms with Gasteiger partial charge in [-0.15, -0.1) is 0 Å². The molecule has 1 saturated heterocycles. The van der Waals surface area contributed by atoms with E-state index in [1.807, 2.05) is 0 Å². The Kier molecular flexibility index (Phi) is 7.97. The Morgan fingerprint density at radius 2 is 1.51 bits per heavy atom. The average molecular weight is 633 g/mol. The number of hydrogen-bond acceptors (Lipinski definition) is 7. The molecular formula is C36H56O9. The van der Waals surface area contributed by atoms with Gasteiger partial charge >= 0.3 is 11.9 Å². The first-order valence-corrected chi connectivity index (χ1v) is 17.4. The van der Waals surface area contributed by atoms with Crippen LogP contribution in [0.3, 0.4) is 0 Å². The number of aliphatic hydroxyl groups excluding tert-OH is 3. The summed E-state index contributed by atoms with van der Waals surface area (Å²) in [7, 11) is 0. The maximum atomic E-state index is 13.8. The predicted molar refractivity (Wildman–Crippen MR) is 166 cm³/mol. The van der Waals surface area contributed by atoms with Crippen LogP contribution in [-0.2, 0) is 19.1 Å². The molecule has 0 aromatic rings. The van der Waals surface area contributed by atoms with Crippen LogP contribution in [0.25, 0.3) is 0 Å². The van der Waals surface area contributed by atoms with E-state index in [-0.39, 0.29) is 40.6 Å². The molecular weight excluding hydrogens is 576 g/mol. The van der Waals surface area contributed by atoms with Crippen molar-refractivity contribution in [3.05, 3.63) is 11.6 Å². The first-order valence-electron chi connectivity index (χ1n) is 17.4. The van der Waals surface area contributed by atoms with Crippen LogP contribution in [0.5, 0.6) is 0 Å². The number of carbonyl (C=O) groups is 2. The molecule has 6 aliphatic rings. The summed E-state index contributed by atoms with van der Waals surface area (Å²) in [5, 5.41) is 53.2.